The van der Waals surface area contributed by atoms with Crippen LogP contribution in [0.4, 0.5) is 0 Å². The number of carbonyl (C=O) groups is 3. The van der Waals surface area contributed by atoms with Gasteiger partial charge < -0.3 is 15.3 Å². The molecule has 3 unspecified atom stereocenters. The van der Waals surface area contributed by atoms with E-state index in [1.54, 1.807) is 32.5 Å². The second-order valence-electron chi connectivity index (χ2n) is 9.58. The van der Waals surface area contributed by atoms with Gasteiger partial charge in [0.1, 0.15) is 15.3 Å². The lowest BCUT2D eigenvalue weighted by Crippen LogP contribution is -2.23. The third-order valence-corrected chi connectivity index (χ3v) is 14.2. The quantitative estimate of drug-likeness (QED) is 0.0821. The van der Waals surface area contributed by atoms with Gasteiger partial charge in [-0.25, -0.2) is 0 Å². The molecule has 0 aromatic rings. The number of carbonyl (C=O) groups excluding carboxylic acids is 6. The highest BCUT2D eigenvalue weighted by Crippen LogP contribution is 2.35. The van der Waals surface area contributed by atoms with E-state index in [0.717, 1.165) is 18.6 Å². The van der Waals surface area contributed by atoms with E-state index in [9.17, 15) is 14.4 Å². The van der Waals surface area contributed by atoms with Crippen molar-refractivity contribution in [2.75, 3.05) is 17.3 Å². The maximum absolute atomic E-state index is 10.4. The Kier molecular flexibility index (Phi) is 49.9. The molecule has 0 saturated carbocycles. The Morgan fingerprint density at radius 3 is 1.29 bits per heavy atom. The number of aliphatic carboxylic acids is 3. The average Bonchev–Trinajstić information content (AvgIpc) is 3.13. The Morgan fingerprint density at radius 2 is 0.946 bits per heavy atom. The normalized spacial score (nSPS) is 12.2. The highest BCUT2D eigenvalue weighted by Gasteiger charge is 2.28. The van der Waals surface area contributed by atoms with Crippen LogP contribution < -0.4 is 0 Å². The molecule has 0 spiro atoms. The molecule has 26 heteroatoms. The first-order valence-electron chi connectivity index (χ1n) is 14.9. The van der Waals surface area contributed by atoms with E-state index in [-0.39, 0.29) is 44.1 Å². The standard InChI is InChI=1S/C11H16N4O2.C9H13NO2S3.C7H10O2S6.3CO2/c1-4-10(2,7-12)14-15-11(3,8-13)6-5-9(16)17;1-3-14-8(13)15-9(2,6-10)5-4-7(11)12;1-2-12-6(10)14-15-7(11)13-4-3-5(8)9;3*2-1-3/h4-6H2,1-3H3,(H,16,17);3-5H2,1-2H3,(H,11,12);2-4H2,1H3,(H,8,9);;;. The van der Waals surface area contributed by atoms with Gasteiger partial charge in [0.25, 0.3) is 0 Å². The summed E-state index contributed by atoms with van der Waals surface area (Å²) in [5, 5.41) is 60.1. The van der Waals surface area contributed by atoms with Crippen LogP contribution in [0.1, 0.15) is 80.1 Å². The van der Waals surface area contributed by atoms with Gasteiger partial charge in [0, 0.05) is 18.6 Å². The van der Waals surface area contributed by atoms with Crippen molar-refractivity contribution in [2.45, 2.75) is 95.9 Å². The fourth-order valence-corrected chi connectivity index (χ4v) is 9.94. The van der Waals surface area contributed by atoms with Crippen molar-refractivity contribution in [3.05, 3.63) is 0 Å². The highest BCUT2D eigenvalue weighted by molar-refractivity contribution is 8.96. The number of hydrogen-bond donors (Lipinski definition) is 3. The fraction of sp³-hybridized carbons (Fsp3) is 0.600. The van der Waals surface area contributed by atoms with Crippen LogP contribution in [0, 0.1) is 34.0 Å². The second kappa shape index (κ2) is 43.1. The van der Waals surface area contributed by atoms with Gasteiger partial charge in [-0.15, -0.1) is 35.3 Å². The number of hydrogen-bond acceptors (Lipinski definition) is 23. The molecule has 17 nitrogen and oxygen atoms in total. The molecule has 3 atom stereocenters. The summed E-state index contributed by atoms with van der Waals surface area (Å²) < 4.78 is 1.58. The van der Waals surface area contributed by atoms with Crippen LogP contribution in [0.25, 0.3) is 0 Å². The number of nitriles is 3. The van der Waals surface area contributed by atoms with Crippen LogP contribution >= 0.6 is 105 Å². The number of rotatable bonds is 15. The first-order valence-corrected chi connectivity index (χ1v) is 22.0. The van der Waals surface area contributed by atoms with Gasteiger partial charge in [-0.05, 0) is 73.1 Å². The summed E-state index contributed by atoms with van der Waals surface area (Å²) in [6, 6.07) is 6.05. The van der Waals surface area contributed by atoms with Crippen LogP contribution in [0.2, 0.25) is 0 Å². The van der Waals surface area contributed by atoms with Crippen molar-refractivity contribution in [2.24, 2.45) is 10.2 Å². The summed E-state index contributed by atoms with van der Waals surface area (Å²) in [6.45, 7) is 10.7. The van der Waals surface area contributed by atoms with Crippen molar-refractivity contribution >= 4 is 152 Å². The minimum absolute atomic E-state index is 0.00351. The summed E-state index contributed by atoms with van der Waals surface area (Å²) in [7, 11) is 2.90. The predicted octanol–water partition coefficient (Wildman–Crippen LogP) is 7.33. The molecule has 0 aliphatic rings. The Hall–Kier alpha value is -3.01. The number of azo groups is 1. The topological polar surface area (TPSA) is 310 Å². The summed E-state index contributed by atoms with van der Waals surface area (Å²) in [5.41, 5.74) is -2.15. The predicted molar refractivity (Wildman–Crippen MR) is 228 cm³/mol. The number of carboxylic acids is 3. The molecule has 0 aromatic heterocycles. The van der Waals surface area contributed by atoms with E-state index in [1.165, 1.54) is 63.8 Å². The van der Waals surface area contributed by atoms with E-state index in [1.807, 2.05) is 26.0 Å². The molecule has 0 fully saturated rings. The highest BCUT2D eigenvalue weighted by atomic mass is 33.1. The molecule has 0 radical (unpaired) electrons. The van der Waals surface area contributed by atoms with Crippen LogP contribution in [0.15, 0.2) is 10.2 Å². The fourth-order valence-electron chi connectivity index (χ4n) is 2.13. The molecule has 0 rings (SSSR count). The van der Waals surface area contributed by atoms with E-state index in [2.05, 4.69) is 16.3 Å². The molecular weight excluding hydrogens is 911 g/mol. The van der Waals surface area contributed by atoms with Gasteiger partial charge >= 0.3 is 36.4 Å². The molecule has 0 saturated heterocycles. The molecule has 0 aliphatic carbocycles. The van der Waals surface area contributed by atoms with Crippen molar-refractivity contribution in [3.8, 4) is 18.2 Å². The van der Waals surface area contributed by atoms with Crippen LogP contribution in [0.3, 0.4) is 0 Å². The third-order valence-electron chi connectivity index (χ3n) is 5.09. The van der Waals surface area contributed by atoms with Gasteiger partial charge in [0.05, 0.1) is 24.6 Å². The summed E-state index contributed by atoms with van der Waals surface area (Å²) in [4.78, 5) is 79.8. The lowest BCUT2D eigenvalue weighted by atomic mass is 9.99. The van der Waals surface area contributed by atoms with Crippen LogP contribution in [0.5, 0.6) is 0 Å². The van der Waals surface area contributed by atoms with E-state index in [4.69, 9.17) is 96.5 Å². The van der Waals surface area contributed by atoms with Crippen LogP contribution in [-0.4, -0.2) is 95.4 Å². The molecular formula is C30H39N5O12S9. The van der Waals surface area contributed by atoms with Crippen molar-refractivity contribution in [1.29, 1.82) is 15.8 Å². The SMILES string of the molecule is CCC(C)(C#N)N=NC(C)(C#N)CCC(=O)O.CCSC(=S)SC(C)(C#N)CCC(=O)O.CCSC(=S)SSC(=S)SCCC(=O)O.O=C=O.O=C=O.O=C=O. The Morgan fingerprint density at radius 1 is 0.589 bits per heavy atom. The smallest absolute Gasteiger partial charge is 0.373 e. The van der Waals surface area contributed by atoms with E-state index < -0.39 is 33.7 Å². The molecule has 3 N–H and O–H groups in total. The molecule has 0 aliphatic heterocycles. The summed E-state index contributed by atoms with van der Waals surface area (Å²) in [5.74, 6) is -0.307. The number of nitrogens with zero attached hydrogens (tertiary/aromatic N) is 5. The number of thiocarbonyl (C=S) groups is 3. The first kappa shape index (κ1) is 64.9. The molecule has 0 bridgehead atoms. The molecule has 56 heavy (non-hydrogen) atoms. The van der Waals surface area contributed by atoms with Crippen molar-refractivity contribution in [3.63, 3.8) is 0 Å². The zero-order valence-corrected chi connectivity index (χ0v) is 38.1. The summed E-state index contributed by atoms with van der Waals surface area (Å²) in [6.07, 6.45) is 1.61. The monoisotopic (exact) mass is 949 g/mol. The zero-order chi connectivity index (χ0) is 45.2. The largest absolute Gasteiger partial charge is 0.481 e. The van der Waals surface area contributed by atoms with Gasteiger partial charge in [0.15, 0.2) is 11.1 Å². The maximum Gasteiger partial charge on any atom is 0.373 e. The Balaban J connectivity index is -0.000000151. The minimum Gasteiger partial charge on any atom is -0.481 e. The second-order valence-corrected chi connectivity index (χ2v) is 20.4. The molecule has 0 aromatic carbocycles. The third kappa shape index (κ3) is 51.0. The Labute approximate surface area is 365 Å². The van der Waals surface area contributed by atoms with Crippen LogP contribution in [-0.2, 0) is 43.2 Å². The van der Waals surface area contributed by atoms with E-state index in [0.29, 0.717) is 22.1 Å². The lowest BCUT2D eigenvalue weighted by Gasteiger charge is -2.19. The van der Waals surface area contributed by atoms with Gasteiger partial charge in [-0.1, -0.05) is 69.2 Å². The maximum atomic E-state index is 10.4. The first-order chi connectivity index (χ1) is 26.0. The van der Waals surface area contributed by atoms with Gasteiger partial charge in [0.2, 0.25) is 0 Å². The number of carboxylic acid groups (broad SMARTS) is 3. The zero-order valence-electron chi connectivity index (χ0n) is 30.8. The van der Waals surface area contributed by atoms with Crippen molar-refractivity contribution in [1.82, 2.24) is 0 Å². The van der Waals surface area contributed by atoms with Crippen molar-refractivity contribution < 1.29 is 58.5 Å². The number of thioether (sulfide) groups is 4. The van der Waals surface area contributed by atoms with Gasteiger partial charge in [-0.3, -0.25) is 14.4 Å². The Bertz CT molecular complexity index is 1470. The lowest BCUT2D eigenvalue weighted by molar-refractivity contribution is -0.193. The molecule has 0 amide bonds. The molecule has 0 heterocycles. The average molecular weight is 950 g/mol. The molecule has 310 valence electrons. The van der Waals surface area contributed by atoms with E-state index >= 15 is 0 Å². The summed E-state index contributed by atoms with van der Waals surface area (Å²) >= 11 is 21.0. The minimum atomic E-state index is -1.19. The van der Waals surface area contributed by atoms with Gasteiger partial charge in [-0.2, -0.15) is 54.8 Å².